The number of aryl methyl sites for hydroxylation is 2. The summed E-state index contributed by atoms with van der Waals surface area (Å²) in [4.78, 5) is 15.0. The van der Waals surface area contributed by atoms with Gasteiger partial charge in [-0.3, -0.25) is 9.48 Å². The molecule has 0 saturated carbocycles. The van der Waals surface area contributed by atoms with Gasteiger partial charge in [-0.2, -0.15) is 5.10 Å². The quantitative estimate of drug-likeness (QED) is 0.853. The number of aromatic nitrogens is 2. The van der Waals surface area contributed by atoms with Gasteiger partial charge in [0.15, 0.2) is 0 Å². The van der Waals surface area contributed by atoms with Crippen molar-refractivity contribution in [2.75, 3.05) is 20.1 Å². The lowest BCUT2D eigenvalue weighted by Gasteiger charge is -2.37. The van der Waals surface area contributed by atoms with Gasteiger partial charge in [0.2, 0.25) is 5.91 Å². The number of amides is 1. The molecule has 1 N–H and O–H groups in total. The summed E-state index contributed by atoms with van der Waals surface area (Å²) in [5.74, 6) is 0.613. The van der Waals surface area contributed by atoms with Crippen molar-refractivity contribution in [3.8, 4) is 0 Å². The second-order valence-electron chi connectivity index (χ2n) is 7.95. The van der Waals surface area contributed by atoms with Crippen LogP contribution in [-0.4, -0.2) is 46.8 Å². The summed E-state index contributed by atoms with van der Waals surface area (Å²) in [5, 5.41) is 7.78. The van der Waals surface area contributed by atoms with Crippen molar-refractivity contribution in [1.82, 2.24) is 20.0 Å². The van der Waals surface area contributed by atoms with E-state index in [9.17, 15) is 4.79 Å². The van der Waals surface area contributed by atoms with Gasteiger partial charge >= 0.3 is 0 Å². The van der Waals surface area contributed by atoms with Gasteiger partial charge in [-0.1, -0.05) is 30.3 Å². The van der Waals surface area contributed by atoms with E-state index in [-0.39, 0.29) is 11.9 Å². The summed E-state index contributed by atoms with van der Waals surface area (Å²) in [6, 6.07) is 10.9. The number of carbonyl (C=O) groups excluding carboxylic acids is 1. The standard InChI is InChI=1S/C22H32N4O/c1-16-20(17(2)26(4)24-16)10-11-22(27)23-21-12-13-25(3)15-19(21)14-18-8-6-5-7-9-18/h5-9,19,21H,10-15H2,1-4H3,(H,23,27)/t19-,21+/m1/s1. The van der Waals surface area contributed by atoms with Crippen LogP contribution in [0.5, 0.6) is 0 Å². The van der Waals surface area contributed by atoms with Crippen molar-refractivity contribution < 1.29 is 4.79 Å². The number of nitrogens with zero attached hydrogens (tertiary/aromatic N) is 3. The van der Waals surface area contributed by atoms with Crippen molar-refractivity contribution in [3.05, 3.63) is 52.8 Å². The van der Waals surface area contributed by atoms with Gasteiger partial charge in [0.05, 0.1) is 5.69 Å². The molecule has 1 aliphatic heterocycles. The van der Waals surface area contributed by atoms with Crippen molar-refractivity contribution in [2.24, 2.45) is 13.0 Å². The van der Waals surface area contributed by atoms with Gasteiger partial charge in [-0.15, -0.1) is 0 Å². The Morgan fingerprint density at radius 3 is 2.63 bits per heavy atom. The number of nitrogens with one attached hydrogen (secondary N) is 1. The molecular formula is C22H32N4O. The largest absolute Gasteiger partial charge is 0.353 e. The first kappa shape index (κ1) is 19.6. The number of carbonyl (C=O) groups is 1. The average molecular weight is 369 g/mol. The number of hydrogen-bond donors (Lipinski definition) is 1. The summed E-state index contributed by atoms with van der Waals surface area (Å²) in [5.41, 5.74) is 4.74. The molecule has 5 nitrogen and oxygen atoms in total. The van der Waals surface area contributed by atoms with Gasteiger partial charge < -0.3 is 10.2 Å². The van der Waals surface area contributed by atoms with Gasteiger partial charge in [0.25, 0.3) is 0 Å². The van der Waals surface area contributed by atoms with E-state index in [0.717, 1.165) is 43.7 Å². The van der Waals surface area contributed by atoms with E-state index in [4.69, 9.17) is 0 Å². The van der Waals surface area contributed by atoms with Crippen molar-refractivity contribution in [1.29, 1.82) is 0 Å². The van der Waals surface area contributed by atoms with Crippen LogP contribution in [0.15, 0.2) is 30.3 Å². The SMILES string of the molecule is Cc1nn(C)c(C)c1CCC(=O)N[C@H]1CCN(C)C[C@H]1Cc1ccccc1. The van der Waals surface area contributed by atoms with Crippen molar-refractivity contribution in [2.45, 2.75) is 45.6 Å². The molecule has 0 aliphatic carbocycles. The molecule has 1 aromatic carbocycles. The first-order chi connectivity index (χ1) is 12.9. The molecule has 1 saturated heterocycles. The molecule has 1 aliphatic rings. The summed E-state index contributed by atoms with van der Waals surface area (Å²) >= 11 is 0. The van der Waals surface area contributed by atoms with Crippen LogP contribution < -0.4 is 5.32 Å². The monoisotopic (exact) mass is 368 g/mol. The lowest BCUT2D eigenvalue weighted by molar-refractivity contribution is -0.122. The maximum absolute atomic E-state index is 12.6. The zero-order valence-corrected chi connectivity index (χ0v) is 17.0. The third kappa shape index (κ3) is 4.98. The van der Waals surface area contributed by atoms with E-state index >= 15 is 0 Å². The highest BCUT2D eigenvalue weighted by atomic mass is 16.1. The molecular weight excluding hydrogens is 336 g/mol. The molecule has 1 amide bonds. The smallest absolute Gasteiger partial charge is 0.220 e. The number of hydrogen-bond acceptors (Lipinski definition) is 3. The minimum atomic E-state index is 0.158. The molecule has 0 radical (unpaired) electrons. The second kappa shape index (κ2) is 8.70. The summed E-state index contributed by atoms with van der Waals surface area (Å²) < 4.78 is 1.90. The number of likely N-dealkylation sites (tertiary alicyclic amines) is 1. The molecule has 27 heavy (non-hydrogen) atoms. The predicted molar refractivity (Wildman–Crippen MR) is 109 cm³/mol. The highest BCUT2D eigenvalue weighted by Gasteiger charge is 2.29. The second-order valence-corrected chi connectivity index (χ2v) is 7.95. The van der Waals surface area contributed by atoms with Crippen LogP contribution in [0.4, 0.5) is 0 Å². The van der Waals surface area contributed by atoms with Crippen LogP contribution in [0.2, 0.25) is 0 Å². The summed E-state index contributed by atoms with van der Waals surface area (Å²) in [7, 11) is 4.13. The minimum Gasteiger partial charge on any atom is -0.353 e. The number of rotatable bonds is 6. The van der Waals surface area contributed by atoms with Crippen LogP contribution in [0.25, 0.3) is 0 Å². The fourth-order valence-corrected chi connectivity index (χ4v) is 4.22. The zero-order chi connectivity index (χ0) is 19.4. The Morgan fingerprint density at radius 1 is 1.22 bits per heavy atom. The van der Waals surface area contributed by atoms with Crippen molar-refractivity contribution in [3.63, 3.8) is 0 Å². The molecule has 2 atom stereocenters. The molecule has 1 aromatic heterocycles. The van der Waals surface area contributed by atoms with Crippen molar-refractivity contribution >= 4 is 5.91 Å². The summed E-state index contributed by atoms with van der Waals surface area (Å²) in [6.45, 7) is 6.16. The fourth-order valence-electron chi connectivity index (χ4n) is 4.22. The zero-order valence-electron chi connectivity index (χ0n) is 17.0. The van der Waals surface area contributed by atoms with E-state index < -0.39 is 0 Å². The van der Waals surface area contributed by atoms with Crippen LogP contribution in [0.3, 0.4) is 0 Å². The molecule has 5 heteroatoms. The van der Waals surface area contributed by atoms with Crippen LogP contribution in [0, 0.1) is 19.8 Å². The lowest BCUT2D eigenvalue weighted by Crippen LogP contribution is -2.50. The van der Waals surface area contributed by atoms with Gasteiger partial charge in [-0.05, 0) is 63.7 Å². The molecule has 1 fully saturated rings. The van der Waals surface area contributed by atoms with Gasteiger partial charge in [0.1, 0.15) is 0 Å². The Balaban J connectivity index is 1.59. The summed E-state index contributed by atoms with van der Waals surface area (Å²) in [6.07, 6.45) is 3.31. The third-order valence-corrected chi connectivity index (χ3v) is 5.89. The highest BCUT2D eigenvalue weighted by molar-refractivity contribution is 5.76. The van der Waals surface area contributed by atoms with Gasteiger partial charge in [0, 0.05) is 31.7 Å². The molecule has 0 bridgehead atoms. The Hall–Kier alpha value is -2.14. The lowest BCUT2D eigenvalue weighted by atomic mass is 9.86. The molecule has 146 valence electrons. The minimum absolute atomic E-state index is 0.158. The van der Waals surface area contributed by atoms with Crippen LogP contribution in [-0.2, 0) is 24.7 Å². The number of benzene rings is 1. The van der Waals surface area contributed by atoms with Crippen LogP contribution in [0.1, 0.15) is 35.4 Å². The fraction of sp³-hybridized carbons (Fsp3) is 0.545. The molecule has 0 spiro atoms. The molecule has 2 heterocycles. The third-order valence-electron chi connectivity index (χ3n) is 5.89. The Morgan fingerprint density at radius 2 is 1.96 bits per heavy atom. The average Bonchev–Trinajstić information content (AvgIpc) is 2.88. The Kier molecular flexibility index (Phi) is 6.32. The van der Waals surface area contributed by atoms with Crippen LogP contribution >= 0.6 is 0 Å². The Bertz CT molecular complexity index is 768. The van der Waals surface area contributed by atoms with E-state index in [2.05, 4.69) is 59.6 Å². The predicted octanol–water partition coefficient (Wildman–Crippen LogP) is 2.65. The van der Waals surface area contributed by atoms with Gasteiger partial charge in [-0.25, -0.2) is 0 Å². The van der Waals surface area contributed by atoms with E-state index in [1.807, 2.05) is 18.7 Å². The maximum atomic E-state index is 12.6. The topological polar surface area (TPSA) is 50.2 Å². The molecule has 3 rings (SSSR count). The van der Waals surface area contributed by atoms with E-state index in [1.54, 1.807) is 0 Å². The molecule has 0 unspecified atom stereocenters. The maximum Gasteiger partial charge on any atom is 0.220 e. The highest BCUT2D eigenvalue weighted by Crippen LogP contribution is 2.21. The first-order valence-electron chi connectivity index (χ1n) is 9.95. The Labute approximate surface area is 162 Å². The number of piperidine rings is 1. The van der Waals surface area contributed by atoms with E-state index in [1.165, 1.54) is 11.1 Å². The molecule has 2 aromatic rings. The first-order valence-corrected chi connectivity index (χ1v) is 9.95. The van der Waals surface area contributed by atoms with E-state index in [0.29, 0.717) is 12.3 Å². The normalized spacial score (nSPS) is 20.6.